The van der Waals surface area contributed by atoms with Gasteiger partial charge in [-0.25, -0.2) is 29.7 Å². The molecule has 0 aliphatic rings. The average Bonchev–Trinajstić information content (AvgIpc) is 3.39. The number of carbonyl (C=O) groups is 1. The minimum atomic E-state index is -4.70. The highest BCUT2D eigenvalue weighted by atomic mass is 19.4. The Hall–Kier alpha value is -5.28. The van der Waals surface area contributed by atoms with Crippen LogP contribution >= 0.6 is 0 Å². The number of imidazole rings is 1. The van der Waals surface area contributed by atoms with Gasteiger partial charge in [-0.1, -0.05) is 6.07 Å². The van der Waals surface area contributed by atoms with Crippen LogP contribution < -0.4 is 16.6 Å². The van der Waals surface area contributed by atoms with E-state index in [0.29, 0.717) is 5.69 Å². The van der Waals surface area contributed by atoms with Gasteiger partial charge in [0.1, 0.15) is 11.9 Å². The second kappa shape index (κ2) is 10.1. The topological polar surface area (TPSA) is 155 Å². The van der Waals surface area contributed by atoms with E-state index in [1.807, 2.05) is 0 Å². The maximum atomic E-state index is 13.4. The van der Waals surface area contributed by atoms with Gasteiger partial charge in [0.2, 0.25) is 11.7 Å². The summed E-state index contributed by atoms with van der Waals surface area (Å²) >= 11 is 0. The molecule has 0 radical (unpaired) electrons. The number of aryl methyl sites for hydroxylation is 1. The summed E-state index contributed by atoms with van der Waals surface area (Å²) in [7, 11) is 1.47. The summed E-state index contributed by atoms with van der Waals surface area (Å²) in [5.41, 5.74) is -0.508. The van der Waals surface area contributed by atoms with E-state index in [4.69, 9.17) is 0 Å². The maximum Gasteiger partial charge on any atom is 0.451 e. The van der Waals surface area contributed by atoms with E-state index < -0.39 is 35.2 Å². The van der Waals surface area contributed by atoms with E-state index in [2.05, 4.69) is 35.2 Å². The van der Waals surface area contributed by atoms with Gasteiger partial charge in [0.15, 0.2) is 17.0 Å². The smallest absolute Gasteiger partial charge is 0.312 e. The minimum absolute atomic E-state index is 0.0142. The third kappa shape index (κ3) is 4.93. The highest BCUT2D eigenvalue weighted by Crippen LogP contribution is 2.26. The SMILES string of the molecule is C[C@@H](C(=O)Nc1ccnc(-c2cnc(C(F)(F)F)nc2)n1)n1cnc2c1c(=O)n(Cc1ccccn1)c(=O)n2C. The summed E-state index contributed by atoms with van der Waals surface area (Å²) in [6, 6.07) is 5.52. The number of nitrogens with one attached hydrogen (secondary N) is 1. The van der Waals surface area contributed by atoms with Crippen molar-refractivity contribution in [3.8, 4) is 11.4 Å². The molecule has 40 heavy (non-hydrogen) atoms. The molecule has 5 rings (SSSR count). The van der Waals surface area contributed by atoms with Gasteiger partial charge in [0.05, 0.1) is 24.1 Å². The zero-order valence-electron chi connectivity index (χ0n) is 20.9. The van der Waals surface area contributed by atoms with E-state index in [-0.39, 0.29) is 34.9 Å². The standard InChI is InChI=1S/C24H19F3N10O3/c1-13(20(38)34-16-6-8-29-18(33-16)14-9-30-22(31-10-14)24(25,26)27)37-12-32-19-17(37)21(39)36(23(40)35(19)2)11-15-5-3-4-7-28-15/h3-10,12-13H,11H2,1-2H3,(H,29,33,34,38)/t13-/m0/s1. The number of anilines is 1. The van der Waals surface area contributed by atoms with Gasteiger partial charge in [-0.05, 0) is 25.1 Å². The number of hydrogen-bond donors (Lipinski definition) is 1. The summed E-state index contributed by atoms with van der Waals surface area (Å²) in [6.45, 7) is 1.45. The quantitative estimate of drug-likeness (QED) is 0.332. The molecule has 0 saturated heterocycles. The lowest BCUT2D eigenvalue weighted by Crippen LogP contribution is -2.40. The molecule has 0 aliphatic carbocycles. The maximum absolute atomic E-state index is 13.4. The van der Waals surface area contributed by atoms with Crippen molar-refractivity contribution in [3.05, 3.63) is 87.7 Å². The predicted octanol–water partition coefficient (Wildman–Crippen LogP) is 1.81. The molecule has 5 aromatic rings. The first kappa shape index (κ1) is 26.3. The number of hydrogen-bond acceptors (Lipinski definition) is 9. The summed E-state index contributed by atoms with van der Waals surface area (Å²) < 4.78 is 41.8. The number of amides is 1. The van der Waals surface area contributed by atoms with Crippen LogP contribution in [0.4, 0.5) is 19.0 Å². The molecular weight excluding hydrogens is 533 g/mol. The highest BCUT2D eigenvalue weighted by Gasteiger charge is 2.34. The van der Waals surface area contributed by atoms with Crippen LogP contribution in [0.1, 0.15) is 24.5 Å². The summed E-state index contributed by atoms with van der Waals surface area (Å²) in [6.07, 6.45) is 1.29. The van der Waals surface area contributed by atoms with Crippen molar-refractivity contribution < 1.29 is 18.0 Å². The number of halogens is 3. The Morgan fingerprint density at radius 3 is 2.45 bits per heavy atom. The Bertz CT molecular complexity index is 1830. The number of alkyl halides is 3. The normalized spacial score (nSPS) is 12.4. The molecule has 0 spiro atoms. The number of nitrogens with zero attached hydrogens (tertiary/aromatic N) is 9. The summed E-state index contributed by atoms with van der Waals surface area (Å²) in [4.78, 5) is 62.5. The van der Waals surface area contributed by atoms with Gasteiger partial charge in [-0.15, -0.1) is 0 Å². The second-order valence-electron chi connectivity index (χ2n) is 8.60. The van der Waals surface area contributed by atoms with Crippen molar-refractivity contribution in [2.45, 2.75) is 25.7 Å². The highest BCUT2D eigenvalue weighted by molar-refractivity contribution is 5.93. The molecule has 13 nitrogen and oxygen atoms in total. The van der Waals surface area contributed by atoms with Crippen LogP contribution in [0.5, 0.6) is 0 Å². The van der Waals surface area contributed by atoms with Crippen LogP contribution in [0.25, 0.3) is 22.6 Å². The summed E-state index contributed by atoms with van der Waals surface area (Å²) in [5, 5.41) is 2.59. The lowest BCUT2D eigenvalue weighted by atomic mass is 10.3. The van der Waals surface area contributed by atoms with Crippen LogP contribution in [0.3, 0.4) is 0 Å². The molecule has 0 fully saturated rings. The van der Waals surface area contributed by atoms with Crippen molar-refractivity contribution in [2.75, 3.05) is 5.32 Å². The van der Waals surface area contributed by atoms with E-state index in [1.165, 1.54) is 41.7 Å². The molecule has 0 aromatic carbocycles. The Morgan fingerprint density at radius 2 is 1.77 bits per heavy atom. The van der Waals surface area contributed by atoms with Crippen molar-refractivity contribution in [2.24, 2.45) is 7.05 Å². The van der Waals surface area contributed by atoms with Crippen LogP contribution in [0, 0.1) is 0 Å². The fourth-order valence-electron chi connectivity index (χ4n) is 3.89. The van der Waals surface area contributed by atoms with Crippen molar-refractivity contribution in [3.63, 3.8) is 0 Å². The fraction of sp³-hybridized carbons (Fsp3) is 0.208. The third-order valence-corrected chi connectivity index (χ3v) is 5.97. The first-order chi connectivity index (χ1) is 19.0. The number of fused-ring (bicyclic) bond motifs is 1. The molecule has 204 valence electrons. The average molecular weight is 552 g/mol. The van der Waals surface area contributed by atoms with Crippen LogP contribution in [0.15, 0.2) is 65.0 Å². The Labute approximate surface area is 222 Å². The molecule has 0 bridgehead atoms. The van der Waals surface area contributed by atoms with Crippen LogP contribution in [0.2, 0.25) is 0 Å². The molecule has 5 heterocycles. The lowest BCUT2D eigenvalue weighted by Gasteiger charge is -2.15. The number of rotatable bonds is 6. The van der Waals surface area contributed by atoms with Crippen molar-refractivity contribution in [1.82, 2.24) is 43.6 Å². The first-order valence-electron chi connectivity index (χ1n) is 11.6. The van der Waals surface area contributed by atoms with Gasteiger partial charge in [-0.2, -0.15) is 13.2 Å². The van der Waals surface area contributed by atoms with Gasteiger partial charge in [0, 0.05) is 31.8 Å². The van der Waals surface area contributed by atoms with E-state index in [0.717, 1.165) is 17.0 Å². The largest absolute Gasteiger partial charge is 0.451 e. The molecule has 5 aromatic heterocycles. The van der Waals surface area contributed by atoms with Gasteiger partial charge in [-0.3, -0.25) is 23.7 Å². The number of aromatic nitrogens is 9. The lowest BCUT2D eigenvalue weighted by molar-refractivity contribution is -0.145. The van der Waals surface area contributed by atoms with Gasteiger partial charge in [0.25, 0.3) is 5.56 Å². The van der Waals surface area contributed by atoms with Crippen molar-refractivity contribution in [1.29, 1.82) is 0 Å². The Morgan fingerprint density at radius 1 is 1.02 bits per heavy atom. The fourth-order valence-corrected chi connectivity index (χ4v) is 3.89. The minimum Gasteiger partial charge on any atom is -0.312 e. The molecule has 0 aliphatic heterocycles. The molecule has 0 saturated carbocycles. The molecular formula is C24H19F3N10O3. The van der Waals surface area contributed by atoms with Gasteiger partial charge < -0.3 is 9.88 Å². The Kier molecular flexibility index (Phi) is 6.66. The third-order valence-electron chi connectivity index (χ3n) is 5.97. The van der Waals surface area contributed by atoms with E-state index in [1.54, 1.807) is 24.4 Å². The molecule has 16 heteroatoms. The van der Waals surface area contributed by atoms with Crippen molar-refractivity contribution >= 4 is 22.9 Å². The molecule has 0 unspecified atom stereocenters. The predicted molar refractivity (Wildman–Crippen MR) is 134 cm³/mol. The first-order valence-corrected chi connectivity index (χ1v) is 11.6. The van der Waals surface area contributed by atoms with Gasteiger partial charge >= 0.3 is 11.9 Å². The second-order valence-corrected chi connectivity index (χ2v) is 8.60. The zero-order valence-corrected chi connectivity index (χ0v) is 20.9. The Balaban J connectivity index is 1.43. The summed E-state index contributed by atoms with van der Waals surface area (Å²) in [5.74, 6) is -1.86. The van der Waals surface area contributed by atoms with E-state index >= 15 is 0 Å². The molecule has 1 amide bonds. The monoisotopic (exact) mass is 552 g/mol. The van der Waals surface area contributed by atoms with Crippen LogP contribution in [-0.4, -0.2) is 49.5 Å². The van der Waals surface area contributed by atoms with E-state index in [9.17, 15) is 27.6 Å². The van der Waals surface area contributed by atoms with Crippen LogP contribution in [-0.2, 0) is 24.6 Å². The number of pyridine rings is 1. The number of carbonyl (C=O) groups excluding carboxylic acids is 1. The zero-order chi connectivity index (χ0) is 28.6. The molecule has 1 N–H and O–H groups in total. The molecule has 1 atom stereocenters.